The van der Waals surface area contributed by atoms with Gasteiger partial charge in [-0.25, -0.2) is 0 Å². The van der Waals surface area contributed by atoms with E-state index in [9.17, 15) is 4.79 Å². The largest absolute Gasteiger partial charge is 0.346 e. The fraction of sp³-hybridized carbons (Fsp3) is 0.150. The van der Waals surface area contributed by atoms with Crippen LogP contribution in [0, 0.1) is 0 Å². The maximum atomic E-state index is 12.9. The van der Waals surface area contributed by atoms with E-state index in [0.717, 1.165) is 28.5 Å². The second-order valence-corrected chi connectivity index (χ2v) is 6.84. The van der Waals surface area contributed by atoms with Crippen molar-refractivity contribution in [3.05, 3.63) is 69.4 Å². The van der Waals surface area contributed by atoms with Crippen molar-refractivity contribution in [2.75, 3.05) is 0 Å². The van der Waals surface area contributed by atoms with E-state index in [1.54, 1.807) is 0 Å². The minimum absolute atomic E-state index is 0.102. The lowest BCUT2D eigenvalue weighted by molar-refractivity contribution is 0.431. The Kier molecular flexibility index (Phi) is 4.42. The highest BCUT2D eigenvalue weighted by atomic mass is 79.9. The van der Waals surface area contributed by atoms with Crippen LogP contribution in [0.4, 0.5) is 0 Å². The lowest BCUT2D eigenvalue weighted by Gasteiger charge is -2.11. The Labute approximate surface area is 158 Å². The van der Waals surface area contributed by atoms with Crippen LogP contribution in [-0.2, 0) is 6.54 Å². The first-order chi connectivity index (χ1) is 12.7. The molecule has 26 heavy (non-hydrogen) atoms. The SMILES string of the molecule is CCCn1cc(-c2nc(-c3ccccc3Br)no2)c(=O)c2ccccc21. The van der Waals surface area contributed by atoms with Crippen LogP contribution in [-0.4, -0.2) is 14.7 Å². The van der Waals surface area contributed by atoms with Gasteiger partial charge in [-0.3, -0.25) is 4.79 Å². The molecule has 0 bridgehead atoms. The van der Waals surface area contributed by atoms with Gasteiger partial charge < -0.3 is 9.09 Å². The molecule has 0 saturated heterocycles. The maximum Gasteiger partial charge on any atom is 0.263 e. The zero-order valence-electron chi connectivity index (χ0n) is 14.1. The van der Waals surface area contributed by atoms with Crippen LogP contribution in [0.5, 0.6) is 0 Å². The Bertz CT molecular complexity index is 1150. The van der Waals surface area contributed by atoms with Gasteiger partial charge in [-0.05, 0) is 30.7 Å². The molecule has 2 heterocycles. The molecule has 0 aliphatic rings. The van der Waals surface area contributed by atoms with E-state index in [4.69, 9.17) is 4.52 Å². The summed E-state index contributed by atoms with van der Waals surface area (Å²) in [6, 6.07) is 15.2. The molecule has 0 saturated carbocycles. The van der Waals surface area contributed by atoms with Gasteiger partial charge in [0.15, 0.2) is 0 Å². The number of para-hydroxylation sites is 1. The topological polar surface area (TPSA) is 60.9 Å². The lowest BCUT2D eigenvalue weighted by Crippen LogP contribution is -2.12. The molecule has 0 unspecified atom stereocenters. The van der Waals surface area contributed by atoms with Crippen LogP contribution in [0.2, 0.25) is 0 Å². The zero-order chi connectivity index (χ0) is 18.1. The van der Waals surface area contributed by atoms with Gasteiger partial charge in [0, 0.05) is 28.2 Å². The van der Waals surface area contributed by atoms with E-state index < -0.39 is 0 Å². The molecule has 0 amide bonds. The number of hydrogen-bond donors (Lipinski definition) is 0. The molecule has 130 valence electrons. The summed E-state index contributed by atoms with van der Waals surface area (Å²) in [6.45, 7) is 2.91. The Morgan fingerprint density at radius 3 is 2.65 bits per heavy atom. The minimum Gasteiger partial charge on any atom is -0.346 e. The Morgan fingerprint density at radius 1 is 1.08 bits per heavy atom. The summed E-state index contributed by atoms with van der Waals surface area (Å²) >= 11 is 3.49. The molecule has 0 aliphatic heterocycles. The van der Waals surface area contributed by atoms with E-state index in [1.165, 1.54) is 0 Å². The number of aromatic nitrogens is 3. The van der Waals surface area contributed by atoms with Gasteiger partial charge in [0.25, 0.3) is 5.89 Å². The summed E-state index contributed by atoms with van der Waals surface area (Å²) in [7, 11) is 0. The van der Waals surface area contributed by atoms with E-state index in [2.05, 4.69) is 37.6 Å². The molecular weight excluding hydrogens is 394 g/mol. The monoisotopic (exact) mass is 409 g/mol. The predicted molar refractivity (Wildman–Crippen MR) is 105 cm³/mol. The molecule has 0 aliphatic carbocycles. The molecule has 5 nitrogen and oxygen atoms in total. The van der Waals surface area contributed by atoms with Gasteiger partial charge in [-0.15, -0.1) is 0 Å². The number of aryl methyl sites for hydroxylation is 1. The van der Waals surface area contributed by atoms with Crippen molar-refractivity contribution in [2.24, 2.45) is 0 Å². The van der Waals surface area contributed by atoms with Gasteiger partial charge in [0.2, 0.25) is 11.3 Å². The second kappa shape index (κ2) is 6.88. The number of benzene rings is 2. The fourth-order valence-electron chi connectivity index (χ4n) is 3.01. The highest BCUT2D eigenvalue weighted by molar-refractivity contribution is 9.10. The highest BCUT2D eigenvalue weighted by Crippen LogP contribution is 2.27. The third-order valence-corrected chi connectivity index (χ3v) is 4.91. The first-order valence-electron chi connectivity index (χ1n) is 8.40. The van der Waals surface area contributed by atoms with Crippen LogP contribution >= 0.6 is 15.9 Å². The Morgan fingerprint density at radius 2 is 1.85 bits per heavy atom. The first kappa shape index (κ1) is 16.7. The van der Waals surface area contributed by atoms with Crippen molar-refractivity contribution < 1.29 is 4.52 Å². The highest BCUT2D eigenvalue weighted by Gasteiger charge is 2.17. The van der Waals surface area contributed by atoms with Gasteiger partial charge >= 0.3 is 0 Å². The Hall–Kier alpha value is -2.73. The standard InChI is InChI=1S/C20H16BrN3O2/c1-2-11-24-12-15(18(25)14-8-4-6-10-17(14)24)20-22-19(23-26-20)13-7-3-5-9-16(13)21/h3-10,12H,2,11H2,1H3. The normalized spacial score (nSPS) is 11.2. The summed E-state index contributed by atoms with van der Waals surface area (Å²) < 4.78 is 8.36. The number of halogens is 1. The number of pyridine rings is 1. The average molecular weight is 410 g/mol. The molecule has 2 aromatic heterocycles. The van der Waals surface area contributed by atoms with Crippen LogP contribution in [0.1, 0.15) is 13.3 Å². The van der Waals surface area contributed by atoms with Crippen LogP contribution in [0.15, 0.2) is 68.5 Å². The smallest absolute Gasteiger partial charge is 0.263 e. The molecule has 0 fully saturated rings. The van der Waals surface area contributed by atoms with Crippen molar-refractivity contribution in [2.45, 2.75) is 19.9 Å². The molecule has 4 rings (SSSR count). The summed E-state index contributed by atoms with van der Waals surface area (Å²) in [6.07, 6.45) is 2.77. The molecule has 0 atom stereocenters. The average Bonchev–Trinajstić information content (AvgIpc) is 3.14. The third-order valence-electron chi connectivity index (χ3n) is 4.22. The van der Waals surface area contributed by atoms with Gasteiger partial charge in [0.1, 0.15) is 5.56 Å². The van der Waals surface area contributed by atoms with E-state index >= 15 is 0 Å². The third kappa shape index (κ3) is 2.86. The maximum absolute atomic E-state index is 12.9. The van der Waals surface area contributed by atoms with E-state index in [-0.39, 0.29) is 11.3 Å². The Balaban J connectivity index is 1.89. The quantitative estimate of drug-likeness (QED) is 0.481. The molecule has 6 heteroatoms. The van der Waals surface area contributed by atoms with Crippen LogP contribution < -0.4 is 5.43 Å². The molecule has 0 N–H and O–H groups in total. The second-order valence-electron chi connectivity index (χ2n) is 5.99. The number of nitrogens with zero attached hydrogens (tertiary/aromatic N) is 3. The molecule has 2 aromatic carbocycles. The van der Waals surface area contributed by atoms with E-state index in [0.29, 0.717) is 16.8 Å². The van der Waals surface area contributed by atoms with Crippen LogP contribution in [0.3, 0.4) is 0 Å². The lowest BCUT2D eigenvalue weighted by atomic mass is 10.1. The zero-order valence-corrected chi connectivity index (χ0v) is 15.7. The van der Waals surface area contributed by atoms with Crippen molar-refractivity contribution in [3.63, 3.8) is 0 Å². The van der Waals surface area contributed by atoms with Gasteiger partial charge in [-0.2, -0.15) is 4.98 Å². The number of hydrogen-bond acceptors (Lipinski definition) is 4. The molecular formula is C20H16BrN3O2. The van der Waals surface area contributed by atoms with Crippen LogP contribution in [0.25, 0.3) is 33.7 Å². The first-order valence-corrected chi connectivity index (χ1v) is 9.19. The number of rotatable bonds is 4. The molecule has 4 aromatic rings. The summed E-state index contributed by atoms with van der Waals surface area (Å²) in [5, 5.41) is 4.71. The number of fused-ring (bicyclic) bond motifs is 1. The minimum atomic E-state index is -0.102. The predicted octanol–water partition coefficient (Wildman–Crippen LogP) is 4.89. The van der Waals surface area contributed by atoms with Gasteiger partial charge in [0.05, 0.1) is 5.52 Å². The van der Waals surface area contributed by atoms with E-state index in [1.807, 2.05) is 54.7 Å². The summed E-state index contributed by atoms with van der Waals surface area (Å²) in [4.78, 5) is 17.4. The molecule has 0 radical (unpaired) electrons. The molecule has 0 spiro atoms. The van der Waals surface area contributed by atoms with Gasteiger partial charge in [-0.1, -0.05) is 52.3 Å². The van der Waals surface area contributed by atoms with Crippen molar-refractivity contribution in [1.29, 1.82) is 0 Å². The van der Waals surface area contributed by atoms with Crippen molar-refractivity contribution >= 4 is 26.8 Å². The fourth-order valence-corrected chi connectivity index (χ4v) is 3.47. The summed E-state index contributed by atoms with van der Waals surface area (Å²) in [5.74, 6) is 0.679. The van der Waals surface area contributed by atoms with Crippen molar-refractivity contribution in [1.82, 2.24) is 14.7 Å². The summed E-state index contributed by atoms with van der Waals surface area (Å²) in [5.41, 5.74) is 2.05. The van der Waals surface area contributed by atoms with Crippen molar-refractivity contribution in [3.8, 4) is 22.8 Å².